The van der Waals surface area contributed by atoms with Crippen LogP contribution >= 0.6 is 0 Å². The number of carbonyl (C=O) groups excluding carboxylic acids is 3. The van der Waals surface area contributed by atoms with Crippen LogP contribution < -0.4 is 10.1 Å². The fraction of sp³-hybridized carbons (Fsp3) is 0.481. The second-order valence-electron chi connectivity index (χ2n) is 9.37. The minimum Gasteiger partial charge on any atom is -0.491 e. The van der Waals surface area contributed by atoms with Crippen LogP contribution in [0.5, 0.6) is 5.75 Å². The number of aromatic nitrogens is 1. The summed E-state index contributed by atoms with van der Waals surface area (Å²) in [5.41, 5.74) is 1.60. The van der Waals surface area contributed by atoms with Gasteiger partial charge in [-0.15, -0.1) is 0 Å². The number of ether oxygens (including phenoxy) is 3. The Balaban J connectivity index is 1.92. The molecule has 3 atom stereocenters. The van der Waals surface area contributed by atoms with E-state index >= 15 is 0 Å². The minimum atomic E-state index is -0.331. The van der Waals surface area contributed by atoms with Crippen LogP contribution in [0.4, 0.5) is 5.69 Å². The fourth-order valence-electron chi connectivity index (χ4n) is 4.31. The predicted octanol–water partition coefficient (Wildman–Crippen LogP) is 2.24. The number of hydrogen-bond acceptors (Lipinski definition) is 7. The van der Waals surface area contributed by atoms with Gasteiger partial charge in [0.25, 0.3) is 5.91 Å². The summed E-state index contributed by atoms with van der Waals surface area (Å²) in [6, 6.07) is 8.33. The quantitative estimate of drug-likeness (QED) is 0.632. The molecule has 3 rings (SSSR count). The van der Waals surface area contributed by atoms with Gasteiger partial charge in [0.2, 0.25) is 11.8 Å². The molecule has 0 saturated heterocycles. The molecule has 0 radical (unpaired) electrons. The average molecular weight is 513 g/mol. The lowest BCUT2D eigenvalue weighted by molar-refractivity contribution is -0.134. The number of rotatable bonds is 6. The monoisotopic (exact) mass is 512 g/mol. The number of pyridine rings is 1. The third-order valence-electron chi connectivity index (χ3n) is 6.40. The summed E-state index contributed by atoms with van der Waals surface area (Å²) in [5, 5.41) is 2.72. The molecule has 37 heavy (non-hydrogen) atoms. The number of anilines is 1. The number of nitrogens with zero attached hydrogens (tertiary/aromatic N) is 3. The van der Waals surface area contributed by atoms with Crippen molar-refractivity contribution in [1.82, 2.24) is 14.8 Å². The molecular weight excluding hydrogens is 476 g/mol. The van der Waals surface area contributed by atoms with Crippen LogP contribution in [-0.2, 0) is 25.5 Å². The standard InChI is InChI=1S/C27H36N4O6/c1-18-14-31(26(33)11-20-7-6-10-28-13-20)19(2)16-37-23-9-8-21(29-25(32)17-35-4)12-22(23)27(34)30(3)15-24(18)36-5/h6-10,12-13,18-19,24H,11,14-17H2,1-5H3,(H,29,32)/t18-,19+,24+/m1/s1. The lowest BCUT2D eigenvalue weighted by Crippen LogP contribution is -2.49. The molecule has 0 bridgehead atoms. The van der Waals surface area contributed by atoms with E-state index < -0.39 is 0 Å². The molecule has 10 heteroatoms. The van der Waals surface area contributed by atoms with Gasteiger partial charge in [-0.3, -0.25) is 19.4 Å². The van der Waals surface area contributed by atoms with Crippen molar-refractivity contribution in [3.05, 3.63) is 53.9 Å². The molecule has 1 aliphatic rings. The second kappa shape index (κ2) is 13.2. The molecule has 3 amide bonds. The van der Waals surface area contributed by atoms with Crippen molar-refractivity contribution in [3.8, 4) is 5.75 Å². The number of methoxy groups -OCH3 is 2. The summed E-state index contributed by atoms with van der Waals surface area (Å²) < 4.78 is 16.7. The highest BCUT2D eigenvalue weighted by atomic mass is 16.5. The molecule has 200 valence electrons. The summed E-state index contributed by atoms with van der Waals surface area (Å²) in [6.45, 7) is 4.77. The first-order chi connectivity index (χ1) is 17.7. The van der Waals surface area contributed by atoms with Crippen LogP contribution in [0.3, 0.4) is 0 Å². The number of amides is 3. The first-order valence-corrected chi connectivity index (χ1v) is 12.3. The maximum Gasteiger partial charge on any atom is 0.257 e. The molecule has 2 aromatic rings. The molecule has 2 heterocycles. The van der Waals surface area contributed by atoms with Gasteiger partial charge in [0.1, 0.15) is 19.0 Å². The maximum atomic E-state index is 13.4. The van der Waals surface area contributed by atoms with Gasteiger partial charge in [-0.25, -0.2) is 0 Å². The summed E-state index contributed by atoms with van der Waals surface area (Å²) in [7, 11) is 4.74. The normalized spacial score (nSPS) is 20.8. The highest BCUT2D eigenvalue weighted by Crippen LogP contribution is 2.26. The van der Waals surface area contributed by atoms with Crippen molar-refractivity contribution in [1.29, 1.82) is 0 Å². The van der Waals surface area contributed by atoms with E-state index in [1.165, 1.54) is 7.11 Å². The van der Waals surface area contributed by atoms with E-state index in [1.807, 2.05) is 30.9 Å². The Morgan fingerprint density at radius 1 is 1.19 bits per heavy atom. The van der Waals surface area contributed by atoms with Crippen LogP contribution in [-0.4, -0.2) is 92.2 Å². The summed E-state index contributed by atoms with van der Waals surface area (Å²) >= 11 is 0. The van der Waals surface area contributed by atoms with Gasteiger partial charge in [0, 0.05) is 58.4 Å². The molecule has 0 unspecified atom stereocenters. The molecular formula is C27H36N4O6. The highest BCUT2D eigenvalue weighted by molar-refractivity contribution is 5.99. The zero-order valence-corrected chi connectivity index (χ0v) is 22.1. The third kappa shape index (κ3) is 7.50. The number of nitrogens with one attached hydrogen (secondary N) is 1. The van der Waals surface area contributed by atoms with Crippen LogP contribution in [0.15, 0.2) is 42.7 Å². The van der Waals surface area contributed by atoms with Gasteiger partial charge in [0.05, 0.1) is 24.1 Å². The Hall–Kier alpha value is -3.50. The van der Waals surface area contributed by atoms with Gasteiger partial charge in [-0.2, -0.15) is 0 Å². The van der Waals surface area contributed by atoms with E-state index in [2.05, 4.69) is 10.3 Å². The molecule has 1 aromatic carbocycles. The molecule has 10 nitrogen and oxygen atoms in total. The summed E-state index contributed by atoms with van der Waals surface area (Å²) in [4.78, 5) is 46.3. The highest BCUT2D eigenvalue weighted by Gasteiger charge is 2.30. The van der Waals surface area contributed by atoms with E-state index in [9.17, 15) is 14.4 Å². The zero-order valence-electron chi connectivity index (χ0n) is 22.1. The first-order valence-electron chi connectivity index (χ1n) is 12.3. The lowest BCUT2D eigenvalue weighted by Gasteiger charge is -2.36. The van der Waals surface area contributed by atoms with Crippen molar-refractivity contribution in [2.24, 2.45) is 5.92 Å². The van der Waals surface area contributed by atoms with E-state index in [0.717, 1.165) is 5.56 Å². The van der Waals surface area contributed by atoms with Crippen molar-refractivity contribution in [3.63, 3.8) is 0 Å². The summed E-state index contributed by atoms with van der Waals surface area (Å²) in [6.07, 6.45) is 3.29. The Bertz CT molecular complexity index is 1080. The molecule has 0 fully saturated rings. The van der Waals surface area contributed by atoms with Gasteiger partial charge >= 0.3 is 0 Å². The van der Waals surface area contributed by atoms with Gasteiger partial charge < -0.3 is 29.3 Å². The number of likely N-dealkylation sites (N-methyl/N-ethyl adjacent to an activating group) is 1. The van der Waals surface area contributed by atoms with Gasteiger partial charge in [0.15, 0.2) is 0 Å². The number of fused-ring (bicyclic) bond motifs is 1. The van der Waals surface area contributed by atoms with Crippen LogP contribution in [0, 0.1) is 5.92 Å². The molecule has 0 saturated carbocycles. The first kappa shape index (κ1) is 28.1. The lowest BCUT2D eigenvalue weighted by atomic mass is 10.0. The Morgan fingerprint density at radius 3 is 2.65 bits per heavy atom. The van der Waals surface area contributed by atoms with Crippen LogP contribution in [0.25, 0.3) is 0 Å². The van der Waals surface area contributed by atoms with Gasteiger partial charge in [-0.1, -0.05) is 13.0 Å². The van der Waals surface area contributed by atoms with Crippen LogP contribution in [0.2, 0.25) is 0 Å². The van der Waals surface area contributed by atoms with Gasteiger partial charge in [-0.05, 0) is 36.8 Å². The molecule has 0 spiro atoms. The van der Waals surface area contributed by atoms with Crippen molar-refractivity contribution in [2.45, 2.75) is 32.4 Å². The van der Waals surface area contributed by atoms with Crippen molar-refractivity contribution < 1.29 is 28.6 Å². The largest absolute Gasteiger partial charge is 0.491 e. The van der Waals surface area contributed by atoms with E-state index in [-0.39, 0.29) is 55.4 Å². The topological polar surface area (TPSA) is 110 Å². The number of hydrogen-bond donors (Lipinski definition) is 1. The minimum absolute atomic E-state index is 0.0382. The fourth-order valence-corrected chi connectivity index (χ4v) is 4.31. The third-order valence-corrected chi connectivity index (χ3v) is 6.40. The maximum absolute atomic E-state index is 13.4. The SMILES string of the molecule is COCC(=O)Nc1ccc2c(c1)C(=O)N(C)C[C@H](OC)[C@H](C)CN(C(=O)Cc1cccnc1)[C@@H](C)CO2. The second-order valence-corrected chi connectivity index (χ2v) is 9.37. The predicted molar refractivity (Wildman–Crippen MR) is 138 cm³/mol. The molecule has 1 N–H and O–H groups in total. The zero-order chi connectivity index (χ0) is 26.9. The Labute approximate surface area is 217 Å². The Morgan fingerprint density at radius 2 is 1.97 bits per heavy atom. The van der Waals surface area contributed by atoms with E-state index in [1.54, 1.807) is 49.7 Å². The van der Waals surface area contributed by atoms with Crippen molar-refractivity contribution in [2.75, 3.05) is 52.9 Å². The van der Waals surface area contributed by atoms with E-state index in [4.69, 9.17) is 14.2 Å². The average Bonchev–Trinajstić information content (AvgIpc) is 2.88. The van der Waals surface area contributed by atoms with Crippen LogP contribution in [0.1, 0.15) is 29.8 Å². The summed E-state index contributed by atoms with van der Waals surface area (Å²) in [5.74, 6) is -0.315. The molecule has 0 aliphatic carbocycles. The molecule has 1 aromatic heterocycles. The number of carbonyl (C=O) groups is 3. The Kier molecular flexibility index (Phi) is 9.99. The van der Waals surface area contributed by atoms with E-state index in [0.29, 0.717) is 30.1 Å². The smallest absolute Gasteiger partial charge is 0.257 e. The number of benzene rings is 1. The molecule has 1 aliphatic heterocycles. The van der Waals surface area contributed by atoms with Crippen molar-refractivity contribution >= 4 is 23.4 Å².